The van der Waals surface area contributed by atoms with E-state index in [9.17, 15) is 19.5 Å². The first-order valence-corrected chi connectivity index (χ1v) is 12.2. The van der Waals surface area contributed by atoms with Gasteiger partial charge in [-0.25, -0.2) is 0 Å². The molecule has 3 fully saturated rings. The molecule has 2 aliphatic heterocycles. The van der Waals surface area contributed by atoms with E-state index in [1.807, 2.05) is 12.1 Å². The van der Waals surface area contributed by atoms with Crippen LogP contribution >= 0.6 is 0 Å². The Morgan fingerprint density at radius 2 is 1.97 bits per heavy atom. The van der Waals surface area contributed by atoms with Gasteiger partial charge in [0.05, 0.1) is 6.04 Å². The fourth-order valence-corrected chi connectivity index (χ4v) is 6.10. The number of nitrogens with one attached hydrogen (secondary N) is 1. The minimum atomic E-state index is -0.664. The molecule has 0 spiro atoms. The van der Waals surface area contributed by atoms with Crippen molar-refractivity contribution in [2.75, 3.05) is 13.2 Å². The van der Waals surface area contributed by atoms with Gasteiger partial charge in [0.2, 0.25) is 11.8 Å². The van der Waals surface area contributed by atoms with Gasteiger partial charge < -0.3 is 19.9 Å². The number of allylic oxidation sites excluding steroid dienone is 2. The molecule has 32 heavy (non-hydrogen) atoms. The van der Waals surface area contributed by atoms with Crippen molar-refractivity contribution in [1.29, 1.82) is 0 Å². The maximum atomic E-state index is 13.4. The van der Waals surface area contributed by atoms with Gasteiger partial charge >= 0.3 is 0 Å². The van der Waals surface area contributed by atoms with Gasteiger partial charge in [-0.05, 0) is 68.6 Å². The lowest BCUT2D eigenvalue weighted by Crippen LogP contribution is -2.51. The number of likely N-dealkylation sites (tertiary alicyclic amines) is 1. The Bertz CT molecular complexity index is 1050. The standard InChI is InChI=1S/C25H31N3O4/c29-13-19-18-12-27-20(10-9-17(25(27)32)15-3-1-2-4-15)21(18)28(24(31)16-7-8-16)22(19)23(30)26-11-14-5-6-14/h3,9-10,14,16,18-19,21-22,29H,1-2,4-8,11-13H2,(H,26,30)/t18-,19-,21+,22-/m1/s1. The van der Waals surface area contributed by atoms with Crippen LogP contribution < -0.4 is 10.9 Å². The fraction of sp³-hybridized carbons (Fsp3) is 0.640. The molecule has 7 heteroatoms. The number of carbonyl (C=O) groups is 2. The number of aliphatic hydroxyl groups is 1. The first-order chi connectivity index (χ1) is 15.6. The first-order valence-electron chi connectivity index (χ1n) is 12.2. The number of nitrogens with zero attached hydrogens (tertiary/aromatic N) is 2. The van der Waals surface area contributed by atoms with Crippen LogP contribution in [-0.2, 0) is 16.1 Å². The van der Waals surface area contributed by atoms with Crippen LogP contribution in [0.1, 0.15) is 62.2 Å². The number of pyridine rings is 1. The van der Waals surface area contributed by atoms with E-state index >= 15 is 0 Å². The van der Waals surface area contributed by atoms with E-state index in [1.54, 1.807) is 9.47 Å². The van der Waals surface area contributed by atoms with Gasteiger partial charge in [-0.15, -0.1) is 0 Å². The maximum absolute atomic E-state index is 13.4. The van der Waals surface area contributed by atoms with Crippen LogP contribution in [-0.4, -0.2) is 45.6 Å². The molecule has 2 amide bonds. The van der Waals surface area contributed by atoms with Gasteiger partial charge in [-0.1, -0.05) is 6.08 Å². The Labute approximate surface area is 187 Å². The summed E-state index contributed by atoms with van der Waals surface area (Å²) in [5, 5.41) is 13.4. The van der Waals surface area contributed by atoms with Crippen molar-refractivity contribution in [3.63, 3.8) is 0 Å². The summed E-state index contributed by atoms with van der Waals surface area (Å²) < 4.78 is 1.80. The van der Waals surface area contributed by atoms with Gasteiger partial charge in [-0.3, -0.25) is 14.4 Å². The third-order valence-electron chi connectivity index (χ3n) is 8.17. The summed E-state index contributed by atoms with van der Waals surface area (Å²) >= 11 is 0. The van der Waals surface area contributed by atoms with Gasteiger partial charge in [0.25, 0.3) is 5.56 Å². The highest BCUT2D eigenvalue weighted by Crippen LogP contribution is 2.51. The second kappa shape index (κ2) is 7.58. The molecule has 1 aromatic heterocycles. The van der Waals surface area contributed by atoms with Crippen molar-refractivity contribution in [3.05, 3.63) is 39.8 Å². The molecule has 7 nitrogen and oxygen atoms in total. The Hall–Kier alpha value is -2.41. The first kappa shape index (κ1) is 20.2. The minimum absolute atomic E-state index is 0.00436. The number of hydrogen-bond acceptors (Lipinski definition) is 4. The monoisotopic (exact) mass is 437 g/mol. The summed E-state index contributed by atoms with van der Waals surface area (Å²) in [4.78, 5) is 41.8. The molecule has 0 radical (unpaired) electrons. The molecule has 0 bridgehead atoms. The molecule has 0 aromatic carbocycles. The lowest BCUT2D eigenvalue weighted by Gasteiger charge is -2.31. The molecule has 3 heterocycles. The van der Waals surface area contributed by atoms with Crippen LogP contribution in [0.4, 0.5) is 0 Å². The van der Waals surface area contributed by atoms with Gasteiger partial charge in [0.1, 0.15) is 6.04 Å². The van der Waals surface area contributed by atoms with Crippen LogP contribution in [0, 0.1) is 23.7 Å². The summed E-state index contributed by atoms with van der Waals surface area (Å²) in [6, 6.07) is 2.90. The van der Waals surface area contributed by atoms with Crippen molar-refractivity contribution in [3.8, 4) is 0 Å². The summed E-state index contributed by atoms with van der Waals surface area (Å²) in [5.74, 6) is -0.125. The van der Waals surface area contributed by atoms with Crippen LogP contribution in [0.3, 0.4) is 0 Å². The predicted octanol–water partition coefficient (Wildman–Crippen LogP) is 1.84. The third-order valence-corrected chi connectivity index (χ3v) is 8.17. The zero-order valence-corrected chi connectivity index (χ0v) is 18.3. The van der Waals surface area contributed by atoms with Crippen molar-refractivity contribution in [1.82, 2.24) is 14.8 Å². The lowest BCUT2D eigenvalue weighted by atomic mass is 9.88. The molecule has 4 atom stereocenters. The molecular weight excluding hydrogens is 406 g/mol. The number of carbonyl (C=O) groups excluding carboxylic acids is 2. The molecule has 1 aromatic rings. The topological polar surface area (TPSA) is 91.6 Å². The number of fused-ring (bicyclic) bond motifs is 3. The van der Waals surface area contributed by atoms with E-state index in [4.69, 9.17) is 0 Å². The summed E-state index contributed by atoms with van der Waals surface area (Å²) in [5.41, 5.74) is 2.68. The van der Waals surface area contributed by atoms with Crippen molar-refractivity contribution >= 4 is 17.4 Å². The highest BCUT2D eigenvalue weighted by molar-refractivity contribution is 5.91. The SMILES string of the molecule is O=C(NCC1CC1)[C@H]1[C@H](CO)[C@H]2Cn3c(ccc(C4=CCCC4)c3=O)[C@H]2N1C(=O)C1CC1. The molecule has 3 aliphatic carbocycles. The zero-order valence-electron chi connectivity index (χ0n) is 18.3. The lowest BCUT2D eigenvalue weighted by molar-refractivity contribution is -0.142. The normalized spacial score (nSPS) is 30.8. The van der Waals surface area contributed by atoms with E-state index in [-0.39, 0.29) is 47.8 Å². The number of aromatic nitrogens is 1. The van der Waals surface area contributed by atoms with E-state index < -0.39 is 6.04 Å². The number of aliphatic hydroxyl groups excluding tert-OH is 1. The molecule has 5 aliphatic rings. The molecule has 1 saturated heterocycles. The van der Waals surface area contributed by atoms with Crippen molar-refractivity contribution in [2.24, 2.45) is 23.7 Å². The third kappa shape index (κ3) is 3.16. The summed E-state index contributed by atoms with van der Waals surface area (Å²) in [6.07, 6.45) is 9.15. The Kier molecular flexibility index (Phi) is 4.79. The van der Waals surface area contributed by atoms with Crippen molar-refractivity contribution < 1.29 is 14.7 Å². The zero-order chi connectivity index (χ0) is 22.0. The van der Waals surface area contributed by atoms with E-state index in [0.29, 0.717) is 19.0 Å². The van der Waals surface area contributed by atoms with Gasteiger partial charge in [0.15, 0.2) is 0 Å². The maximum Gasteiger partial charge on any atom is 0.258 e. The van der Waals surface area contributed by atoms with E-state index in [2.05, 4.69) is 11.4 Å². The van der Waals surface area contributed by atoms with Crippen LogP contribution in [0.5, 0.6) is 0 Å². The van der Waals surface area contributed by atoms with Gasteiger partial charge in [0, 0.05) is 48.7 Å². The average Bonchev–Trinajstić information content (AvgIpc) is 3.69. The highest BCUT2D eigenvalue weighted by Gasteiger charge is 2.58. The number of hydrogen-bond donors (Lipinski definition) is 2. The molecule has 2 N–H and O–H groups in total. The Balaban J connectivity index is 1.38. The molecule has 6 rings (SSSR count). The smallest absolute Gasteiger partial charge is 0.258 e. The van der Waals surface area contributed by atoms with Crippen LogP contribution in [0.25, 0.3) is 5.57 Å². The summed E-state index contributed by atoms with van der Waals surface area (Å²) in [6.45, 7) is 0.923. The fourth-order valence-electron chi connectivity index (χ4n) is 6.10. The van der Waals surface area contributed by atoms with Gasteiger partial charge in [-0.2, -0.15) is 0 Å². The van der Waals surface area contributed by atoms with E-state index in [1.165, 1.54) is 0 Å². The number of rotatable bonds is 6. The summed E-state index contributed by atoms with van der Waals surface area (Å²) in [7, 11) is 0. The molecule has 170 valence electrons. The molecule has 2 saturated carbocycles. The minimum Gasteiger partial charge on any atom is -0.396 e. The molecule has 0 unspecified atom stereocenters. The quantitative estimate of drug-likeness (QED) is 0.711. The second-order valence-electron chi connectivity index (χ2n) is 10.3. The number of amides is 2. The molecular formula is C25H31N3O4. The Morgan fingerprint density at radius 1 is 1.16 bits per heavy atom. The highest BCUT2D eigenvalue weighted by atomic mass is 16.3. The van der Waals surface area contributed by atoms with Crippen LogP contribution in [0.2, 0.25) is 0 Å². The largest absolute Gasteiger partial charge is 0.396 e. The van der Waals surface area contributed by atoms with Crippen molar-refractivity contribution in [2.45, 2.75) is 63.6 Å². The Morgan fingerprint density at radius 3 is 2.62 bits per heavy atom. The average molecular weight is 438 g/mol. The van der Waals surface area contributed by atoms with Crippen LogP contribution in [0.15, 0.2) is 23.0 Å². The second-order valence-corrected chi connectivity index (χ2v) is 10.3. The predicted molar refractivity (Wildman–Crippen MR) is 118 cm³/mol. The van der Waals surface area contributed by atoms with E-state index in [0.717, 1.165) is 61.8 Å².